The zero-order valence-corrected chi connectivity index (χ0v) is 9.59. The first kappa shape index (κ1) is 11.1. The maximum absolute atomic E-state index is 5.46. The summed E-state index contributed by atoms with van der Waals surface area (Å²) < 4.78 is 15.4. The zero-order valence-electron chi connectivity index (χ0n) is 7.59. The molecule has 2 N–H and O–H groups in total. The second-order valence-electron chi connectivity index (χ2n) is 2.38. The van der Waals surface area contributed by atoms with Gasteiger partial charge in [-0.15, -0.1) is 0 Å². The Bertz CT molecular complexity index is 104. The lowest BCUT2D eigenvalue weighted by Crippen LogP contribution is -2.51. The molecule has 5 heteroatoms. The molecular weight excluding hydrogens is 162 g/mol. The molecule has 4 nitrogen and oxygen atoms in total. The number of ether oxygens (including phenoxy) is 3. The highest BCUT2D eigenvalue weighted by molar-refractivity contribution is 6.13. The van der Waals surface area contributed by atoms with Crippen LogP contribution in [0.5, 0.6) is 0 Å². The Balaban J connectivity index is 4.19. The predicted molar refractivity (Wildman–Crippen MR) is 46.5 cm³/mol. The fourth-order valence-corrected chi connectivity index (χ4v) is 1.34. The number of methoxy groups -OCH3 is 3. The molecule has 1 atom stereocenters. The van der Waals surface area contributed by atoms with Crippen molar-refractivity contribution in [2.24, 2.45) is 5.73 Å². The van der Waals surface area contributed by atoms with E-state index in [0.29, 0.717) is 6.54 Å². The summed E-state index contributed by atoms with van der Waals surface area (Å²) in [4.78, 5) is 0. The molecule has 0 spiro atoms. The number of nitrogens with two attached hydrogens (primary N) is 1. The van der Waals surface area contributed by atoms with E-state index in [1.54, 1.807) is 21.3 Å². The highest BCUT2D eigenvalue weighted by Crippen LogP contribution is 2.13. The average molecular weight is 179 g/mol. The van der Waals surface area contributed by atoms with E-state index < -0.39 is 5.41 Å². The van der Waals surface area contributed by atoms with Gasteiger partial charge in [0.15, 0.2) is 5.41 Å². The van der Waals surface area contributed by atoms with E-state index in [4.69, 9.17) is 19.9 Å². The summed E-state index contributed by atoms with van der Waals surface area (Å²) in [6, 6.07) is 0. The first-order valence-electron chi connectivity index (χ1n) is 3.47. The van der Waals surface area contributed by atoms with Gasteiger partial charge < -0.3 is 19.9 Å². The molecule has 0 rings (SSSR count). The maximum atomic E-state index is 5.46. The van der Waals surface area contributed by atoms with Crippen LogP contribution in [0.1, 0.15) is 0 Å². The molecule has 0 bridgehead atoms. The largest absolute Gasteiger partial charge is 0.375 e. The lowest BCUT2D eigenvalue weighted by atomic mass is 10.3. The van der Waals surface area contributed by atoms with Crippen molar-refractivity contribution in [3.8, 4) is 0 Å². The van der Waals surface area contributed by atoms with Crippen molar-refractivity contribution in [3.05, 3.63) is 0 Å². The van der Waals surface area contributed by atoms with Crippen molar-refractivity contribution in [3.63, 3.8) is 0 Å². The Morgan fingerprint density at radius 3 is 1.91 bits per heavy atom. The Morgan fingerprint density at radius 1 is 1.36 bits per heavy atom. The van der Waals surface area contributed by atoms with Crippen molar-refractivity contribution >= 4 is 10.2 Å². The summed E-state index contributed by atoms with van der Waals surface area (Å²) in [5, 5.41) is 0. The molecule has 0 radical (unpaired) electrons. The third kappa shape index (κ3) is 2.53. The number of hydrogen-bond donors (Lipinski definition) is 1. The van der Waals surface area contributed by atoms with Crippen LogP contribution in [-0.2, 0) is 14.2 Å². The van der Waals surface area contributed by atoms with Gasteiger partial charge in [0.25, 0.3) is 0 Å². The molecule has 1 unspecified atom stereocenters. The molecule has 0 aliphatic rings. The van der Waals surface area contributed by atoms with Gasteiger partial charge in [-0.05, 0) is 0 Å². The lowest BCUT2D eigenvalue weighted by molar-refractivity contribution is -0.204. The van der Waals surface area contributed by atoms with Gasteiger partial charge in [-0.3, -0.25) is 0 Å². The highest BCUT2D eigenvalue weighted by Gasteiger charge is 2.32. The van der Waals surface area contributed by atoms with Crippen LogP contribution in [0, 0.1) is 0 Å². The van der Waals surface area contributed by atoms with Crippen LogP contribution in [0.25, 0.3) is 0 Å². The zero-order chi connectivity index (χ0) is 8.91. The van der Waals surface area contributed by atoms with Crippen molar-refractivity contribution in [2.75, 3.05) is 27.9 Å². The predicted octanol–water partition coefficient (Wildman–Crippen LogP) is -1.73. The minimum absolute atomic E-state index is 0.177. The fraction of sp³-hybridized carbons (Fsp3) is 1.00. The van der Waals surface area contributed by atoms with Gasteiger partial charge >= 0.3 is 0 Å². The van der Waals surface area contributed by atoms with Gasteiger partial charge in [0.1, 0.15) is 6.10 Å². The van der Waals surface area contributed by atoms with Crippen LogP contribution in [0.3, 0.4) is 0 Å². The highest BCUT2D eigenvalue weighted by atomic mass is 28.1. The molecule has 0 aliphatic heterocycles. The Hall–Kier alpha value is 0.0569. The van der Waals surface area contributed by atoms with Gasteiger partial charge in [0.2, 0.25) is 0 Å². The van der Waals surface area contributed by atoms with Crippen LogP contribution in [0.4, 0.5) is 0 Å². The van der Waals surface area contributed by atoms with Crippen LogP contribution < -0.4 is 5.73 Å². The molecule has 11 heavy (non-hydrogen) atoms. The number of rotatable bonds is 5. The van der Waals surface area contributed by atoms with Gasteiger partial charge in [-0.1, -0.05) is 0 Å². The Labute approximate surface area is 70.4 Å². The first-order valence-corrected chi connectivity index (χ1v) is 4.47. The van der Waals surface area contributed by atoms with Crippen LogP contribution in [-0.4, -0.2) is 49.6 Å². The summed E-state index contributed by atoms with van der Waals surface area (Å²) in [7, 11) is 5.51. The van der Waals surface area contributed by atoms with Crippen molar-refractivity contribution in [2.45, 2.75) is 11.5 Å². The van der Waals surface area contributed by atoms with Crippen LogP contribution >= 0.6 is 0 Å². The maximum Gasteiger partial charge on any atom is 0.167 e. The molecule has 0 aromatic carbocycles. The second kappa shape index (κ2) is 4.84. The third-order valence-corrected chi connectivity index (χ3v) is 3.35. The smallest absolute Gasteiger partial charge is 0.167 e. The molecule has 0 aliphatic carbocycles. The lowest BCUT2D eigenvalue weighted by Gasteiger charge is -2.33. The molecule has 0 saturated carbocycles. The quantitative estimate of drug-likeness (QED) is 0.403. The van der Waals surface area contributed by atoms with Crippen LogP contribution in [0.2, 0.25) is 0 Å². The third-order valence-electron chi connectivity index (χ3n) is 1.89. The monoisotopic (exact) mass is 179 g/mol. The van der Waals surface area contributed by atoms with Crippen molar-refractivity contribution in [1.82, 2.24) is 0 Å². The first-order chi connectivity index (χ1) is 5.14. The van der Waals surface area contributed by atoms with E-state index >= 15 is 0 Å². The SMILES string of the molecule is COC(CN)C([SiH3])(OC)OC. The van der Waals surface area contributed by atoms with E-state index in [1.807, 2.05) is 0 Å². The van der Waals surface area contributed by atoms with E-state index in [0.717, 1.165) is 10.2 Å². The van der Waals surface area contributed by atoms with Gasteiger partial charge in [-0.2, -0.15) is 0 Å². The topological polar surface area (TPSA) is 53.7 Å². The number of hydrogen-bond acceptors (Lipinski definition) is 4. The molecule has 0 heterocycles. The molecule has 0 amide bonds. The van der Waals surface area contributed by atoms with Gasteiger partial charge in [0, 0.05) is 27.9 Å². The summed E-state index contributed by atoms with van der Waals surface area (Å²) in [5.41, 5.74) is 4.85. The van der Waals surface area contributed by atoms with Gasteiger partial charge in [-0.25, -0.2) is 0 Å². The van der Waals surface area contributed by atoms with Crippen molar-refractivity contribution in [1.29, 1.82) is 0 Å². The molecular formula is C6H17NO3Si. The molecule has 0 saturated heterocycles. The fourth-order valence-electron chi connectivity index (χ4n) is 0.871. The van der Waals surface area contributed by atoms with E-state index in [9.17, 15) is 0 Å². The van der Waals surface area contributed by atoms with Crippen molar-refractivity contribution < 1.29 is 14.2 Å². The summed E-state index contributed by atoms with van der Waals surface area (Å²) in [6.07, 6.45) is -0.177. The minimum Gasteiger partial charge on any atom is -0.375 e. The summed E-state index contributed by atoms with van der Waals surface area (Å²) >= 11 is 0. The minimum atomic E-state index is -0.608. The standard InChI is InChI=1S/C6H17NO3Si/c1-8-5(4-7)6(11,9-2)10-3/h5H,4,7H2,1-3,11H3. The summed E-state index contributed by atoms with van der Waals surface area (Å²) in [5.74, 6) is 0. The van der Waals surface area contributed by atoms with E-state index in [1.165, 1.54) is 0 Å². The van der Waals surface area contributed by atoms with E-state index in [-0.39, 0.29) is 6.10 Å². The second-order valence-corrected chi connectivity index (χ2v) is 3.78. The normalized spacial score (nSPS) is 15.3. The van der Waals surface area contributed by atoms with E-state index in [2.05, 4.69) is 0 Å². The average Bonchev–Trinajstić information content (AvgIpc) is 2.06. The van der Waals surface area contributed by atoms with Crippen LogP contribution in [0.15, 0.2) is 0 Å². The van der Waals surface area contributed by atoms with Gasteiger partial charge in [0.05, 0.1) is 10.2 Å². The Kier molecular flexibility index (Phi) is 4.86. The molecule has 0 aromatic heterocycles. The molecule has 0 fully saturated rings. The summed E-state index contributed by atoms with van der Waals surface area (Å²) in [6.45, 7) is 0.404. The molecule has 68 valence electrons. The molecule has 0 aromatic rings. The Morgan fingerprint density at radius 2 is 1.82 bits per heavy atom.